The second kappa shape index (κ2) is 10.4. The van der Waals surface area contributed by atoms with E-state index >= 15 is 0 Å². The third kappa shape index (κ3) is 5.97. The molecule has 0 aromatic heterocycles. The Balaban J connectivity index is 1.41. The molecule has 0 heterocycles. The van der Waals surface area contributed by atoms with Gasteiger partial charge < -0.3 is 19.9 Å². The molecule has 0 radical (unpaired) electrons. The molecule has 0 unspecified atom stereocenters. The highest BCUT2D eigenvalue weighted by Crippen LogP contribution is 2.44. The monoisotopic (exact) mass is 505 g/mol. The number of amides is 1. The number of aliphatic carboxylic acids is 1. The fourth-order valence-electron chi connectivity index (χ4n) is 4.38. The van der Waals surface area contributed by atoms with E-state index in [0.29, 0.717) is 0 Å². The number of carboxylic acid groups (broad SMARTS) is 1. The van der Waals surface area contributed by atoms with Crippen molar-refractivity contribution >= 4 is 18.0 Å². The van der Waals surface area contributed by atoms with Crippen LogP contribution >= 0.6 is 0 Å². The standard InChI is InChI=1S/C29H28FNO6/c1-29(2,3)37-27(34)18-13-12-17(24(30)14-18)15-25(26(32)33)31-28(35)36-16-23-21-10-6-4-8-19(21)20-9-5-7-11-22(20)23/h4-14,23,25H,15-16H2,1-3H3,(H,31,35)(H,32,33)/t25-/m0/s1. The van der Waals surface area contributed by atoms with Crippen molar-refractivity contribution in [3.63, 3.8) is 0 Å². The Morgan fingerprint density at radius 2 is 1.57 bits per heavy atom. The number of carbonyl (C=O) groups is 3. The van der Waals surface area contributed by atoms with Gasteiger partial charge in [-0.05, 0) is 60.7 Å². The summed E-state index contributed by atoms with van der Waals surface area (Å²) in [5, 5.41) is 11.9. The van der Waals surface area contributed by atoms with Crippen LogP contribution in [-0.4, -0.2) is 41.4 Å². The molecule has 192 valence electrons. The minimum absolute atomic E-state index is 0.00699. The number of halogens is 1. The van der Waals surface area contributed by atoms with Gasteiger partial charge in [0.15, 0.2) is 0 Å². The van der Waals surface area contributed by atoms with Gasteiger partial charge >= 0.3 is 18.0 Å². The van der Waals surface area contributed by atoms with Crippen molar-refractivity contribution in [2.45, 2.75) is 44.8 Å². The smallest absolute Gasteiger partial charge is 0.407 e. The summed E-state index contributed by atoms with van der Waals surface area (Å²) in [6.07, 6.45) is -1.25. The zero-order valence-electron chi connectivity index (χ0n) is 20.8. The largest absolute Gasteiger partial charge is 0.480 e. The predicted molar refractivity (Wildman–Crippen MR) is 135 cm³/mol. The Labute approximate surface area is 214 Å². The third-order valence-corrected chi connectivity index (χ3v) is 6.05. The molecule has 4 rings (SSSR count). The molecule has 7 nitrogen and oxygen atoms in total. The minimum atomic E-state index is -1.43. The molecule has 3 aromatic rings. The first kappa shape index (κ1) is 25.9. The molecule has 1 aliphatic rings. The van der Waals surface area contributed by atoms with E-state index in [1.165, 1.54) is 12.1 Å². The van der Waals surface area contributed by atoms with E-state index in [4.69, 9.17) is 9.47 Å². The van der Waals surface area contributed by atoms with Gasteiger partial charge in [-0.1, -0.05) is 54.6 Å². The van der Waals surface area contributed by atoms with Gasteiger partial charge in [-0.25, -0.2) is 18.8 Å². The highest BCUT2D eigenvalue weighted by Gasteiger charge is 2.30. The van der Waals surface area contributed by atoms with Crippen LogP contribution in [0, 0.1) is 5.82 Å². The highest BCUT2D eigenvalue weighted by atomic mass is 19.1. The lowest BCUT2D eigenvalue weighted by Gasteiger charge is -2.20. The van der Waals surface area contributed by atoms with E-state index in [1.54, 1.807) is 20.8 Å². The van der Waals surface area contributed by atoms with Gasteiger partial charge in [-0.3, -0.25) is 0 Å². The summed E-state index contributed by atoms with van der Waals surface area (Å²) in [5.41, 5.74) is 3.48. The molecule has 3 aromatic carbocycles. The lowest BCUT2D eigenvalue weighted by Crippen LogP contribution is -2.43. The summed E-state index contributed by atoms with van der Waals surface area (Å²) in [4.78, 5) is 36.5. The van der Waals surface area contributed by atoms with E-state index < -0.39 is 35.5 Å². The molecular weight excluding hydrogens is 477 g/mol. The van der Waals surface area contributed by atoms with Gasteiger partial charge in [-0.15, -0.1) is 0 Å². The van der Waals surface area contributed by atoms with Crippen molar-refractivity contribution in [3.05, 3.63) is 94.8 Å². The van der Waals surface area contributed by atoms with Gasteiger partial charge in [0, 0.05) is 12.3 Å². The minimum Gasteiger partial charge on any atom is -0.480 e. The summed E-state index contributed by atoms with van der Waals surface area (Å²) < 4.78 is 25.3. The quantitative estimate of drug-likeness (QED) is 0.422. The third-order valence-electron chi connectivity index (χ3n) is 6.05. The number of esters is 1. The lowest BCUT2D eigenvalue weighted by atomic mass is 9.98. The topological polar surface area (TPSA) is 102 Å². The van der Waals surface area contributed by atoms with Gasteiger partial charge in [-0.2, -0.15) is 0 Å². The SMILES string of the molecule is CC(C)(C)OC(=O)c1ccc(C[C@H](NC(=O)OCC2c3ccccc3-c3ccccc32)C(=O)O)c(F)c1. The van der Waals surface area contributed by atoms with Crippen LogP contribution in [0.1, 0.15) is 53.7 Å². The molecule has 0 saturated heterocycles. The average molecular weight is 506 g/mol. The van der Waals surface area contributed by atoms with Crippen molar-refractivity contribution in [1.82, 2.24) is 5.32 Å². The van der Waals surface area contributed by atoms with Crippen molar-refractivity contribution in [2.24, 2.45) is 0 Å². The summed E-state index contributed by atoms with van der Waals surface area (Å²) in [7, 11) is 0. The number of carbonyl (C=O) groups excluding carboxylic acids is 2. The number of nitrogens with one attached hydrogen (secondary N) is 1. The molecule has 0 fully saturated rings. The maximum atomic E-state index is 14.7. The molecule has 37 heavy (non-hydrogen) atoms. The van der Waals surface area contributed by atoms with E-state index in [2.05, 4.69) is 5.32 Å². The fourth-order valence-corrected chi connectivity index (χ4v) is 4.38. The number of hydrogen-bond acceptors (Lipinski definition) is 5. The molecule has 1 atom stereocenters. The lowest BCUT2D eigenvalue weighted by molar-refractivity contribution is -0.139. The Morgan fingerprint density at radius 3 is 2.11 bits per heavy atom. The molecule has 0 spiro atoms. The first-order valence-electron chi connectivity index (χ1n) is 11.9. The van der Waals surface area contributed by atoms with Crippen LogP contribution in [0.4, 0.5) is 9.18 Å². The van der Waals surface area contributed by atoms with Crippen LogP contribution in [0.5, 0.6) is 0 Å². The second-order valence-electron chi connectivity index (χ2n) is 9.87. The average Bonchev–Trinajstić information content (AvgIpc) is 3.16. The predicted octanol–water partition coefficient (Wildman–Crippen LogP) is 5.32. The Hall–Kier alpha value is -4.20. The fraction of sp³-hybridized carbons (Fsp3) is 0.276. The maximum absolute atomic E-state index is 14.7. The van der Waals surface area contributed by atoms with Gasteiger partial charge in [0.2, 0.25) is 0 Å². The maximum Gasteiger partial charge on any atom is 0.407 e. The molecule has 1 amide bonds. The Kier molecular flexibility index (Phi) is 7.29. The molecule has 0 bridgehead atoms. The van der Waals surface area contributed by atoms with Crippen molar-refractivity contribution in [2.75, 3.05) is 6.61 Å². The number of ether oxygens (including phenoxy) is 2. The van der Waals surface area contributed by atoms with Gasteiger partial charge in [0.25, 0.3) is 0 Å². The summed E-state index contributed by atoms with van der Waals surface area (Å²) in [6.45, 7) is 5.11. The summed E-state index contributed by atoms with van der Waals surface area (Å²) >= 11 is 0. The number of carboxylic acids is 1. The molecule has 0 saturated carbocycles. The van der Waals surface area contributed by atoms with E-state index in [0.717, 1.165) is 28.3 Å². The van der Waals surface area contributed by atoms with Gasteiger partial charge in [0.1, 0.15) is 24.1 Å². The van der Waals surface area contributed by atoms with Crippen LogP contribution < -0.4 is 5.32 Å². The number of rotatable bonds is 7. The number of alkyl carbamates (subject to hydrolysis) is 1. The summed E-state index contributed by atoms with van der Waals surface area (Å²) in [5.74, 6) is -2.99. The highest BCUT2D eigenvalue weighted by molar-refractivity contribution is 5.89. The first-order valence-corrected chi connectivity index (χ1v) is 11.9. The normalized spacial score (nSPS) is 13.3. The number of hydrogen-bond donors (Lipinski definition) is 2. The second-order valence-corrected chi connectivity index (χ2v) is 9.87. The van der Waals surface area contributed by atoms with Crippen LogP contribution in [0.2, 0.25) is 0 Å². The molecule has 0 aliphatic heterocycles. The van der Waals surface area contributed by atoms with Gasteiger partial charge in [0.05, 0.1) is 5.56 Å². The zero-order chi connectivity index (χ0) is 26.7. The van der Waals surface area contributed by atoms with Crippen LogP contribution in [0.15, 0.2) is 66.7 Å². The molecular formula is C29H28FNO6. The number of benzene rings is 3. The van der Waals surface area contributed by atoms with Crippen molar-refractivity contribution < 1.29 is 33.4 Å². The Morgan fingerprint density at radius 1 is 0.973 bits per heavy atom. The van der Waals surface area contributed by atoms with E-state index in [1.807, 2.05) is 48.5 Å². The van der Waals surface area contributed by atoms with Crippen LogP contribution in [-0.2, 0) is 20.7 Å². The van der Waals surface area contributed by atoms with E-state index in [-0.39, 0.29) is 30.1 Å². The van der Waals surface area contributed by atoms with Crippen LogP contribution in [0.3, 0.4) is 0 Å². The Bertz CT molecular complexity index is 1300. The van der Waals surface area contributed by atoms with Crippen molar-refractivity contribution in [1.29, 1.82) is 0 Å². The molecule has 1 aliphatic carbocycles. The zero-order valence-corrected chi connectivity index (χ0v) is 20.8. The summed E-state index contributed by atoms with van der Waals surface area (Å²) in [6, 6.07) is 17.9. The first-order chi connectivity index (χ1) is 17.5. The van der Waals surface area contributed by atoms with Crippen LogP contribution in [0.25, 0.3) is 11.1 Å². The van der Waals surface area contributed by atoms with Crippen molar-refractivity contribution in [3.8, 4) is 11.1 Å². The number of fused-ring (bicyclic) bond motifs is 3. The molecule has 2 N–H and O–H groups in total. The molecule has 8 heteroatoms. The van der Waals surface area contributed by atoms with E-state index in [9.17, 15) is 23.9 Å².